The van der Waals surface area contributed by atoms with Gasteiger partial charge >= 0.3 is 0 Å². The van der Waals surface area contributed by atoms with Gasteiger partial charge in [-0.2, -0.15) is 0 Å². The van der Waals surface area contributed by atoms with E-state index in [4.69, 9.17) is 0 Å². The Kier molecular flexibility index (Phi) is 4.07. The van der Waals surface area contributed by atoms with E-state index in [2.05, 4.69) is 20.8 Å². The third-order valence-corrected chi connectivity index (χ3v) is 4.07. The van der Waals surface area contributed by atoms with Crippen LogP contribution in [0.15, 0.2) is 18.2 Å². The molecule has 2 aromatic rings. The quantitative estimate of drug-likeness (QED) is 0.806. The molecule has 0 aliphatic rings. The molecule has 0 saturated carbocycles. The van der Waals surface area contributed by atoms with E-state index in [1.807, 2.05) is 22.6 Å². The fourth-order valence-corrected chi connectivity index (χ4v) is 2.28. The van der Waals surface area contributed by atoms with E-state index in [0.29, 0.717) is 14.4 Å². The number of halogens is 2. The molecule has 18 heavy (non-hydrogen) atoms. The Morgan fingerprint density at radius 2 is 2.22 bits per heavy atom. The van der Waals surface area contributed by atoms with Crippen molar-refractivity contribution in [3.05, 3.63) is 32.6 Å². The first kappa shape index (κ1) is 13.1. The van der Waals surface area contributed by atoms with E-state index in [-0.39, 0.29) is 10.8 Å². The van der Waals surface area contributed by atoms with Gasteiger partial charge in [-0.05, 0) is 34.7 Å². The van der Waals surface area contributed by atoms with Crippen LogP contribution in [0.4, 0.5) is 15.2 Å². The van der Waals surface area contributed by atoms with Gasteiger partial charge in [0.1, 0.15) is 5.82 Å². The molecular formula is C10H8FIN4OS. The number of hydrogen-bond donors (Lipinski definition) is 2. The zero-order valence-electron chi connectivity index (χ0n) is 9.20. The molecule has 0 aliphatic heterocycles. The van der Waals surface area contributed by atoms with Crippen LogP contribution in [0.25, 0.3) is 0 Å². The maximum atomic E-state index is 13.3. The van der Waals surface area contributed by atoms with Gasteiger partial charge in [-0.3, -0.25) is 4.79 Å². The highest BCUT2D eigenvalue weighted by atomic mass is 127. The monoisotopic (exact) mass is 378 g/mol. The van der Waals surface area contributed by atoms with Crippen LogP contribution in [0.2, 0.25) is 0 Å². The number of benzene rings is 1. The molecule has 2 rings (SSSR count). The van der Waals surface area contributed by atoms with Crippen molar-refractivity contribution in [3.8, 4) is 0 Å². The molecule has 0 spiro atoms. The van der Waals surface area contributed by atoms with Crippen molar-refractivity contribution in [1.29, 1.82) is 0 Å². The van der Waals surface area contributed by atoms with Gasteiger partial charge in [0.2, 0.25) is 10.1 Å². The molecule has 8 heteroatoms. The topological polar surface area (TPSA) is 66.9 Å². The molecule has 0 unspecified atom stereocenters. The lowest BCUT2D eigenvalue weighted by molar-refractivity contribution is 0.102. The fourth-order valence-electron chi connectivity index (χ4n) is 1.19. The molecule has 1 aromatic heterocycles. The van der Waals surface area contributed by atoms with Crippen LogP contribution in [0.5, 0.6) is 0 Å². The number of carbonyl (C=O) groups is 1. The van der Waals surface area contributed by atoms with E-state index in [1.165, 1.54) is 12.1 Å². The number of hydrogen-bond acceptors (Lipinski definition) is 5. The molecule has 5 nitrogen and oxygen atoms in total. The number of aromatic nitrogens is 2. The fraction of sp³-hybridized carbons (Fsp3) is 0.100. The number of rotatable bonds is 3. The Labute approximate surface area is 120 Å². The van der Waals surface area contributed by atoms with Crippen LogP contribution in [0, 0.1) is 9.39 Å². The van der Waals surface area contributed by atoms with Crippen LogP contribution in [-0.4, -0.2) is 23.2 Å². The van der Waals surface area contributed by atoms with Crippen molar-refractivity contribution in [3.63, 3.8) is 0 Å². The van der Waals surface area contributed by atoms with Crippen molar-refractivity contribution >= 4 is 50.7 Å². The second-order valence-electron chi connectivity index (χ2n) is 3.22. The normalized spacial score (nSPS) is 10.2. The first-order valence-electron chi connectivity index (χ1n) is 4.88. The standard InChI is InChI=1S/C10H8FIN4OS/c1-13-10-16-15-9(18-10)8(17)14-6-4-2-3-5(11)7(6)12/h2-4H,1H3,(H,13,16)(H,14,17). The summed E-state index contributed by atoms with van der Waals surface area (Å²) in [7, 11) is 1.69. The van der Waals surface area contributed by atoms with E-state index < -0.39 is 5.91 Å². The molecule has 0 atom stereocenters. The van der Waals surface area contributed by atoms with E-state index in [0.717, 1.165) is 11.3 Å². The highest BCUT2D eigenvalue weighted by Crippen LogP contribution is 2.22. The lowest BCUT2D eigenvalue weighted by atomic mass is 10.3. The number of amides is 1. The first-order chi connectivity index (χ1) is 8.61. The maximum absolute atomic E-state index is 13.3. The summed E-state index contributed by atoms with van der Waals surface area (Å²) in [5, 5.41) is 13.7. The maximum Gasteiger partial charge on any atom is 0.286 e. The molecule has 0 radical (unpaired) electrons. The van der Waals surface area contributed by atoms with E-state index >= 15 is 0 Å². The van der Waals surface area contributed by atoms with Gasteiger partial charge in [0, 0.05) is 7.05 Å². The van der Waals surface area contributed by atoms with Crippen LogP contribution < -0.4 is 10.6 Å². The summed E-state index contributed by atoms with van der Waals surface area (Å²) in [6.07, 6.45) is 0. The zero-order chi connectivity index (χ0) is 13.1. The largest absolute Gasteiger partial charge is 0.363 e. The van der Waals surface area contributed by atoms with Gasteiger partial charge in [0.15, 0.2) is 0 Å². The second kappa shape index (κ2) is 5.57. The predicted molar refractivity (Wildman–Crippen MR) is 76.5 cm³/mol. The number of carbonyl (C=O) groups excluding carboxylic acids is 1. The van der Waals surface area contributed by atoms with Crippen molar-refractivity contribution < 1.29 is 9.18 Å². The van der Waals surface area contributed by atoms with Gasteiger partial charge < -0.3 is 10.6 Å². The highest BCUT2D eigenvalue weighted by molar-refractivity contribution is 14.1. The van der Waals surface area contributed by atoms with Crippen molar-refractivity contribution in [2.24, 2.45) is 0 Å². The van der Waals surface area contributed by atoms with Crippen molar-refractivity contribution in [2.75, 3.05) is 17.7 Å². The average Bonchev–Trinajstić information content (AvgIpc) is 2.83. The van der Waals surface area contributed by atoms with Gasteiger partial charge in [0.25, 0.3) is 5.91 Å². The van der Waals surface area contributed by atoms with E-state index in [1.54, 1.807) is 13.1 Å². The van der Waals surface area contributed by atoms with Gasteiger partial charge in [-0.1, -0.05) is 17.4 Å². The minimum Gasteiger partial charge on any atom is -0.363 e. The van der Waals surface area contributed by atoms with Crippen LogP contribution in [-0.2, 0) is 0 Å². The Bertz CT molecular complexity index is 589. The van der Waals surface area contributed by atoms with Crippen molar-refractivity contribution in [2.45, 2.75) is 0 Å². The average molecular weight is 378 g/mol. The minimum atomic E-state index is -0.405. The lowest BCUT2D eigenvalue weighted by Gasteiger charge is -2.05. The summed E-state index contributed by atoms with van der Waals surface area (Å²) in [6.45, 7) is 0. The molecule has 0 aliphatic carbocycles. The highest BCUT2D eigenvalue weighted by Gasteiger charge is 2.14. The van der Waals surface area contributed by atoms with Gasteiger partial charge in [-0.25, -0.2) is 4.39 Å². The molecule has 1 heterocycles. The smallest absolute Gasteiger partial charge is 0.286 e. The number of nitrogens with one attached hydrogen (secondary N) is 2. The van der Waals surface area contributed by atoms with Crippen LogP contribution >= 0.6 is 33.9 Å². The second-order valence-corrected chi connectivity index (χ2v) is 5.27. The SMILES string of the molecule is CNc1nnc(C(=O)Nc2cccc(F)c2I)s1. The molecule has 1 aromatic carbocycles. The summed E-state index contributed by atoms with van der Waals surface area (Å²) in [5.41, 5.74) is 0.418. The Morgan fingerprint density at radius 3 is 2.89 bits per heavy atom. The Hall–Kier alpha value is -1.29. The lowest BCUT2D eigenvalue weighted by Crippen LogP contribution is -2.13. The third-order valence-electron chi connectivity index (χ3n) is 2.03. The minimum absolute atomic E-state index is 0.222. The molecular weight excluding hydrogens is 370 g/mol. The molecule has 1 amide bonds. The molecule has 0 bridgehead atoms. The number of anilines is 2. The van der Waals surface area contributed by atoms with Crippen LogP contribution in [0.3, 0.4) is 0 Å². The zero-order valence-corrected chi connectivity index (χ0v) is 12.2. The van der Waals surface area contributed by atoms with Gasteiger partial charge in [-0.15, -0.1) is 10.2 Å². The van der Waals surface area contributed by atoms with E-state index in [9.17, 15) is 9.18 Å². The summed E-state index contributed by atoms with van der Waals surface area (Å²) < 4.78 is 13.7. The summed E-state index contributed by atoms with van der Waals surface area (Å²) in [6, 6.07) is 4.50. The third kappa shape index (κ3) is 2.75. The molecule has 0 saturated heterocycles. The Balaban J connectivity index is 2.18. The van der Waals surface area contributed by atoms with Gasteiger partial charge in [0.05, 0.1) is 9.26 Å². The van der Waals surface area contributed by atoms with Crippen molar-refractivity contribution in [1.82, 2.24) is 10.2 Å². The molecule has 2 N–H and O–H groups in total. The summed E-state index contributed by atoms with van der Waals surface area (Å²) >= 11 is 2.96. The molecule has 94 valence electrons. The Morgan fingerprint density at radius 1 is 1.44 bits per heavy atom. The summed E-state index contributed by atoms with van der Waals surface area (Å²) in [5.74, 6) is -0.779. The molecule has 0 fully saturated rings. The predicted octanol–water partition coefficient (Wildman–Crippen LogP) is 2.58. The first-order valence-corrected chi connectivity index (χ1v) is 6.78. The van der Waals surface area contributed by atoms with Crippen LogP contribution in [0.1, 0.15) is 9.80 Å². The number of nitrogens with zero attached hydrogens (tertiary/aromatic N) is 2. The summed E-state index contributed by atoms with van der Waals surface area (Å²) in [4.78, 5) is 11.9.